The minimum atomic E-state index is 0.116. The molecule has 0 aliphatic heterocycles. The first kappa shape index (κ1) is 17.7. The molecule has 0 atom stereocenters. The molecule has 0 radical (unpaired) electrons. The predicted molar refractivity (Wildman–Crippen MR) is 91.3 cm³/mol. The van der Waals surface area contributed by atoms with Gasteiger partial charge in [0.1, 0.15) is 0 Å². The lowest BCUT2D eigenvalue weighted by molar-refractivity contribution is 0.267. The molecule has 0 fully saturated rings. The molecular weight excluding hydrogens is 290 g/mol. The van der Waals surface area contributed by atoms with E-state index in [4.69, 9.17) is 5.11 Å². The average Bonchev–Trinajstić information content (AvgIpc) is 2.95. The predicted octanol–water partition coefficient (Wildman–Crippen LogP) is 1.98. The molecule has 0 aliphatic carbocycles. The Morgan fingerprint density at radius 2 is 1.91 bits per heavy atom. The molecule has 0 saturated heterocycles. The number of aryl methyl sites for hydroxylation is 2. The van der Waals surface area contributed by atoms with Gasteiger partial charge in [-0.3, -0.25) is 14.3 Å². The number of hydrogen-bond donors (Lipinski definition) is 1. The van der Waals surface area contributed by atoms with Gasteiger partial charge in [0.25, 0.3) is 0 Å². The second kappa shape index (κ2) is 7.27. The van der Waals surface area contributed by atoms with E-state index in [9.17, 15) is 0 Å². The number of hydrogen-bond acceptors (Lipinski definition) is 4. The van der Waals surface area contributed by atoms with Crippen LogP contribution in [0, 0.1) is 13.8 Å². The van der Waals surface area contributed by atoms with E-state index >= 15 is 0 Å². The van der Waals surface area contributed by atoms with Crippen molar-refractivity contribution in [1.29, 1.82) is 0 Å². The Morgan fingerprint density at radius 3 is 2.52 bits per heavy atom. The van der Waals surface area contributed by atoms with Crippen molar-refractivity contribution in [2.45, 2.75) is 53.2 Å². The lowest BCUT2D eigenvalue weighted by Gasteiger charge is -2.17. The van der Waals surface area contributed by atoms with Gasteiger partial charge in [0.05, 0.1) is 24.5 Å². The zero-order chi connectivity index (χ0) is 17.1. The molecule has 2 rings (SSSR count). The molecule has 0 spiro atoms. The van der Waals surface area contributed by atoms with E-state index in [0.717, 1.165) is 24.5 Å². The summed E-state index contributed by atoms with van der Waals surface area (Å²) in [6, 6.07) is 0. The highest BCUT2D eigenvalue weighted by Crippen LogP contribution is 2.21. The van der Waals surface area contributed by atoms with E-state index in [1.165, 1.54) is 16.8 Å². The van der Waals surface area contributed by atoms with Crippen molar-refractivity contribution in [1.82, 2.24) is 24.5 Å². The molecule has 128 valence electrons. The van der Waals surface area contributed by atoms with E-state index < -0.39 is 0 Å². The maximum Gasteiger partial charge on any atom is 0.0694 e. The van der Waals surface area contributed by atoms with Gasteiger partial charge in [-0.1, -0.05) is 13.8 Å². The average molecular weight is 319 g/mol. The van der Waals surface area contributed by atoms with Crippen LogP contribution in [0.25, 0.3) is 0 Å². The van der Waals surface area contributed by atoms with Gasteiger partial charge in [-0.25, -0.2) is 0 Å². The highest BCUT2D eigenvalue weighted by atomic mass is 16.3. The molecule has 2 aromatic heterocycles. The zero-order valence-corrected chi connectivity index (χ0v) is 15.2. The highest BCUT2D eigenvalue weighted by Gasteiger charge is 2.16. The van der Waals surface area contributed by atoms with Gasteiger partial charge in [-0.2, -0.15) is 10.2 Å². The van der Waals surface area contributed by atoms with Gasteiger partial charge in [-0.15, -0.1) is 0 Å². The van der Waals surface area contributed by atoms with E-state index in [1.807, 2.05) is 23.3 Å². The molecule has 2 aromatic rings. The van der Waals surface area contributed by atoms with Crippen molar-refractivity contribution in [3.8, 4) is 0 Å². The van der Waals surface area contributed by atoms with Crippen LogP contribution in [0.1, 0.15) is 48.0 Å². The molecule has 6 heteroatoms. The number of aliphatic hydroxyl groups is 1. The molecular formula is C17H29N5O. The monoisotopic (exact) mass is 319 g/mol. The van der Waals surface area contributed by atoms with Crippen LogP contribution < -0.4 is 0 Å². The Labute approximate surface area is 138 Å². The Balaban J connectivity index is 2.13. The van der Waals surface area contributed by atoms with Crippen molar-refractivity contribution < 1.29 is 5.11 Å². The van der Waals surface area contributed by atoms with Gasteiger partial charge in [-0.05, 0) is 26.8 Å². The van der Waals surface area contributed by atoms with Crippen LogP contribution in [0.2, 0.25) is 0 Å². The molecule has 0 saturated carbocycles. The molecule has 1 N–H and O–H groups in total. The normalized spacial score (nSPS) is 11.9. The standard InChI is InChI=1S/C17H29N5O/c1-12(2)17-15(10-21(6)19-17)9-20(5)11-16-13(3)18-22(7-8-23)14(16)4/h10,12,23H,7-9,11H2,1-6H3. The summed E-state index contributed by atoms with van der Waals surface area (Å²) in [6.45, 7) is 10.8. The van der Waals surface area contributed by atoms with Crippen LogP contribution in [0.4, 0.5) is 0 Å². The van der Waals surface area contributed by atoms with E-state index in [0.29, 0.717) is 12.5 Å². The first-order chi connectivity index (χ1) is 10.8. The van der Waals surface area contributed by atoms with Crippen molar-refractivity contribution >= 4 is 0 Å². The minimum absolute atomic E-state index is 0.116. The van der Waals surface area contributed by atoms with E-state index in [-0.39, 0.29) is 6.61 Å². The number of rotatable bonds is 7. The van der Waals surface area contributed by atoms with Crippen LogP contribution in [-0.4, -0.2) is 43.2 Å². The molecule has 6 nitrogen and oxygen atoms in total. The Hall–Kier alpha value is -1.66. The maximum atomic E-state index is 9.13. The molecule has 23 heavy (non-hydrogen) atoms. The smallest absolute Gasteiger partial charge is 0.0694 e. The number of nitrogens with zero attached hydrogens (tertiary/aromatic N) is 5. The quantitative estimate of drug-likeness (QED) is 0.848. The third-order valence-corrected chi connectivity index (χ3v) is 4.20. The van der Waals surface area contributed by atoms with Crippen LogP contribution in [0.15, 0.2) is 6.20 Å². The Bertz CT molecular complexity index is 656. The fourth-order valence-electron chi connectivity index (χ4n) is 3.05. The van der Waals surface area contributed by atoms with E-state index in [2.05, 4.69) is 49.1 Å². The van der Waals surface area contributed by atoms with Crippen molar-refractivity contribution in [2.75, 3.05) is 13.7 Å². The second-order valence-corrected chi connectivity index (χ2v) is 6.64. The fourth-order valence-corrected chi connectivity index (χ4v) is 3.05. The van der Waals surface area contributed by atoms with Crippen molar-refractivity contribution in [3.05, 3.63) is 34.4 Å². The summed E-state index contributed by atoms with van der Waals surface area (Å²) in [6.07, 6.45) is 2.11. The summed E-state index contributed by atoms with van der Waals surface area (Å²) in [5.74, 6) is 0.426. The van der Waals surface area contributed by atoms with Crippen LogP contribution in [-0.2, 0) is 26.7 Å². The SMILES string of the molecule is Cc1nn(CCO)c(C)c1CN(C)Cc1cn(C)nc1C(C)C. The lowest BCUT2D eigenvalue weighted by atomic mass is 10.1. The minimum Gasteiger partial charge on any atom is -0.394 e. The van der Waals surface area contributed by atoms with Crippen LogP contribution in [0.3, 0.4) is 0 Å². The Kier molecular flexibility index (Phi) is 5.59. The van der Waals surface area contributed by atoms with Gasteiger partial charge in [0.15, 0.2) is 0 Å². The number of aromatic nitrogens is 4. The summed E-state index contributed by atoms with van der Waals surface area (Å²) in [7, 11) is 4.10. The first-order valence-corrected chi connectivity index (χ1v) is 8.18. The highest BCUT2D eigenvalue weighted by molar-refractivity contribution is 5.25. The largest absolute Gasteiger partial charge is 0.394 e. The molecule has 0 amide bonds. The summed E-state index contributed by atoms with van der Waals surface area (Å²) >= 11 is 0. The molecule has 0 unspecified atom stereocenters. The van der Waals surface area contributed by atoms with Gasteiger partial charge in [0.2, 0.25) is 0 Å². The summed E-state index contributed by atoms with van der Waals surface area (Å²) < 4.78 is 3.79. The summed E-state index contributed by atoms with van der Waals surface area (Å²) in [4.78, 5) is 2.29. The third-order valence-electron chi connectivity index (χ3n) is 4.20. The van der Waals surface area contributed by atoms with Gasteiger partial charge in [0, 0.05) is 43.2 Å². The lowest BCUT2D eigenvalue weighted by Crippen LogP contribution is -2.19. The second-order valence-electron chi connectivity index (χ2n) is 6.64. The van der Waals surface area contributed by atoms with Gasteiger partial charge >= 0.3 is 0 Å². The zero-order valence-electron chi connectivity index (χ0n) is 15.2. The fraction of sp³-hybridized carbons (Fsp3) is 0.647. The molecule has 0 bridgehead atoms. The van der Waals surface area contributed by atoms with Crippen molar-refractivity contribution in [2.24, 2.45) is 7.05 Å². The van der Waals surface area contributed by atoms with Crippen LogP contribution in [0.5, 0.6) is 0 Å². The van der Waals surface area contributed by atoms with E-state index in [1.54, 1.807) is 0 Å². The molecule has 0 aliphatic rings. The summed E-state index contributed by atoms with van der Waals surface area (Å²) in [5, 5.41) is 18.2. The molecule has 0 aromatic carbocycles. The van der Waals surface area contributed by atoms with Gasteiger partial charge < -0.3 is 5.11 Å². The first-order valence-electron chi connectivity index (χ1n) is 8.18. The Morgan fingerprint density at radius 1 is 1.22 bits per heavy atom. The topological polar surface area (TPSA) is 59.1 Å². The third kappa shape index (κ3) is 4.00. The van der Waals surface area contributed by atoms with Crippen LogP contribution >= 0.6 is 0 Å². The maximum absolute atomic E-state index is 9.13. The summed E-state index contributed by atoms with van der Waals surface area (Å²) in [5.41, 5.74) is 5.87. The number of aliphatic hydroxyl groups excluding tert-OH is 1. The van der Waals surface area contributed by atoms with Crippen molar-refractivity contribution in [3.63, 3.8) is 0 Å². The molecule has 2 heterocycles.